The van der Waals surface area contributed by atoms with Crippen molar-refractivity contribution in [3.8, 4) is 11.3 Å². The van der Waals surface area contributed by atoms with Crippen LogP contribution in [0.4, 0.5) is 0 Å². The minimum atomic E-state index is -0.211. The van der Waals surface area contributed by atoms with Gasteiger partial charge in [0, 0.05) is 80.0 Å². The van der Waals surface area contributed by atoms with Gasteiger partial charge in [-0.15, -0.1) is 11.3 Å². The largest absolute Gasteiger partial charge is 0.346 e. The Bertz CT molecular complexity index is 1680. The zero-order valence-corrected chi connectivity index (χ0v) is 30.5. The molecule has 4 saturated heterocycles. The van der Waals surface area contributed by atoms with Crippen LogP contribution in [0.3, 0.4) is 0 Å². The second kappa shape index (κ2) is 12.6. The number of hydrogen-bond donors (Lipinski definition) is 1. The molecule has 2 aromatic heterocycles. The summed E-state index contributed by atoms with van der Waals surface area (Å²) in [7, 11) is 0. The highest BCUT2D eigenvalue weighted by Gasteiger charge is 2.59. The number of aryl methyl sites for hydroxylation is 2. The molecule has 9 rings (SSSR count). The first-order valence-corrected chi connectivity index (χ1v) is 19.7. The van der Waals surface area contributed by atoms with E-state index in [9.17, 15) is 9.59 Å². The fraction of sp³-hybridized carbons (Fsp3) is 0.650. The minimum Gasteiger partial charge on any atom is -0.346 e. The van der Waals surface area contributed by atoms with Crippen LogP contribution in [0.2, 0.25) is 0 Å². The van der Waals surface area contributed by atoms with Crippen molar-refractivity contribution in [3.63, 3.8) is 0 Å². The number of thiophene rings is 1. The number of carbonyl (C=O) groups excluding carboxylic acids is 2. The maximum absolute atomic E-state index is 13.9. The summed E-state index contributed by atoms with van der Waals surface area (Å²) in [5, 5.41) is 1.33. The van der Waals surface area contributed by atoms with E-state index >= 15 is 0 Å². The molecule has 2 aliphatic carbocycles. The van der Waals surface area contributed by atoms with Crippen LogP contribution in [0.1, 0.15) is 93.7 Å². The van der Waals surface area contributed by atoms with Gasteiger partial charge in [0.2, 0.25) is 11.8 Å². The van der Waals surface area contributed by atoms with Crippen LogP contribution in [-0.2, 0) is 27.8 Å². The van der Waals surface area contributed by atoms with Crippen LogP contribution in [0, 0.1) is 12.3 Å². The van der Waals surface area contributed by atoms with Crippen LogP contribution in [0.25, 0.3) is 21.5 Å². The highest BCUT2D eigenvalue weighted by molar-refractivity contribution is 7.18. The highest BCUT2D eigenvalue weighted by Crippen LogP contribution is 2.61. The van der Waals surface area contributed by atoms with Crippen molar-refractivity contribution in [2.24, 2.45) is 5.41 Å². The lowest BCUT2D eigenvalue weighted by Crippen LogP contribution is -2.60. The number of benzene rings is 1. The molecule has 3 bridgehead atoms. The Morgan fingerprint density at radius 1 is 0.938 bits per heavy atom. The molecule has 1 atom stereocenters. The fourth-order valence-corrected chi connectivity index (χ4v) is 11.2. The third-order valence-corrected chi connectivity index (χ3v) is 14.2. The normalized spacial score (nSPS) is 26.1. The monoisotopic (exact) mass is 669 g/mol. The average molecular weight is 670 g/mol. The van der Waals surface area contributed by atoms with Crippen molar-refractivity contribution >= 4 is 33.4 Å². The Hall–Kier alpha value is -2.68. The number of piperidine rings is 2. The van der Waals surface area contributed by atoms with Crippen molar-refractivity contribution in [1.82, 2.24) is 24.6 Å². The summed E-state index contributed by atoms with van der Waals surface area (Å²) < 4.78 is 0. The van der Waals surface area contributed by atoms with E-state index in [4.69, 9.17) is 0 Å². The van der Waals surface area contributed by atoms with E-state index in [1.807, 2.05) is 16.2 Å². The molecule has 8 heteroatoms. The van der Waals surface area contributed by atoms with Gasteiger partial charge in [-0.1, -0.05) is 32.4 Å². The Labute approximate surface area is 291 Å². The minimum absolute atomic E-state index is 0.211. The molecule has 6 aliphatic rings. The summed E-state index contributed by atoms with van der Waals surface area (Å²) in [4.78, 5) is 42.4. The smallest absolute Gasteiger partial charge is 0.236 e. The molecule has 3 aromatic rings. The second-order valence-electron chi connectivity index (χ2n) is 16.7. The summed E-state index contributed by atoms with van der Waals surface area (Å²) >= 11 is 1.86. The summed E-state index contributed by atoms with van der Waals surface area (Å²) in [5.41, 5.74) is 7.00. The van der Waals surface area contributed by atoms with E-state index in [0.29, 0.717) is 42.3 Å². The van der Waals surface area contributed by atoms with Crippen molar-refractivity contribution in [2.45, 2.75) is 109 Å². The summed E-state index contributed by atoms with van der Waals surface area (Å²) in [5.74, 6) is 0.679. The van der Waals surface area contributed by atoms with Gasteiger partial charge in [-0.3, -0.25) is 14.5 Å². The first-order valence-electron chi connectivity index (χ1n) is 18.9. The number of aromatic nitrogens is 1. The van der Waals surface area contributed by atoms with Crippen molar-refractivity contribution in [3.05, 3.63) is 45.8 Å². The topological polar surface area (TPSA) is 62.9 Å². The van der Waals surface area contributed by atoms with Gasteiger partial charge in [-0.05, 0) is 105 Å². The number of aromatic amines is 1. The van der Waals surface area contributed by atoms with Gasteiger partial charge in [0.05, 0.1) is 12.2 Å². The quantitative estimate of drug-likeness (QED) is 0.259. The third-order valence-electron chi connectivity index (χ3n) is 12.7. The van der Waals surface area contributed by atoms with E-state index in [1.165, 1.54) is 75.1 Å². The Kier molecular flexibility index (Phi) is 8.52. The van der Waals surface area contributed by atoms with E-state index in [2.05, 4.69) is 71.6 Å². The maximum atomic E-state index is 13.9. The lowest BCUT2D eigenvalue weighted by atomic mass is 9.61. The van der Waals surface area contributed by atoms with E-state index < -0.39 is 0 Å². The molecule has 0 radical (unpaired) electrons. The van der Waals surface area contributed by atoms with E-state index in [0.717, 1.165) is 71.5 Å². The Balaban J connectivity index is 1.000. The van der Waals surface area contributed by atoms with E-state index in [-0.39, 0.29) is 5.41 Å². The number of likely N-dealkylation sites (tertiary alicyclic amines) is 1. The van der Waals surface area contributed by atoms with Gasteiger partial charge in [0.1, 0.15) is 4.83 Å². The van der Waals surface area contributed by atoms with E-state index in [1.54, 1.807) is 0 Å². The molecule has 2 amide bonds. The number of nitrogens with zero attached hydrogens (tertiary/aromatic N) is 4. The molecule has 1 unspecified atom stereocenters. The maximum Gasteiger partial charge on any atom is 0.236 e. The zero-order valence-electron chi connectivity index (χ0n) is 29.7. The average Bonchev–Trinajstić information content (AvgIpc) is 3.84. The number of rotatable bonds is 10. The third kappa shape index (κ3) is 6.04. The first-order chi connectivity index (χ1) is 23.1. The van der Waals surface area contributed by atoms with Crippen LogP contribution in [0.15, 0.2) is 24.3 Å². The molecule has 6 fully saturated rings. The molecule has 4 aliphatic heterocycles. The predicted octanol–water partition coefficient (Wildman–Crippen LogP) is 6.76. The number of H-pyrrole nitrogens is 1. The molecule has 7 nitrogen and oxygen atoms in total. The van der Waals surface area contributed by atoms with Crippen molar-refractivity contribution in [2.75, 3.05) is 52.4 Å². The molecular weight excluding hydrogens is 615 g/mol. The van der Waals surface area contributed by atoms with Crippen LogP contribution in [0.5, 0.6) is 0 Å². The lowest BCUT2D eigenvalue weighted by molar-refractivity contribution is -0.149. The number of amides is 2. The number of fused-ring (bicyclic) bond motifs is 1. The molecule has 258 valence electrons. The second-order valence-corrected chi connectivity index (χ2v) is 17.7. The molecule has 1 aromatic carbocycles. The number of carbonyl (C=O) groups is 2. The molecule has 1 spiro atoms. The SMILES string of the molecule is CCc1cc(C)cc(-c2[nH]c3sc(C(C)(C)CC(=O)N4C5CCC6(C5)CC4C6)cc3c2CCN2CCN(CC(=O)N3CCCC3)CC2)c1. The summed E-state index contributed by atoms with van der Waals surface area (Å²) in [6.07, 6.45) is 11.2. The zero-order chi connectivity index (χ0) is 33.2. The first kappa shape index (κ1) is 32.5. The molecule has 2 saturated carbocycles. The van der Waals surface area contributed by atoms with Gasteiger partial charge in [0.15, 0.2) is 0 Å². The molecule has 6 heterocycles. The lowest BCUT2D eigenvalue weighted by Gasteiger charge is -2.56. The van der Waals surface area contributed by atoms with Gasteiger partial charge in [0.25, 0.3) is 0 Å². The summed E-state index contributed by atoms with van der Waals surface area (Å²) in [6, 6.07) is 10.4. The van der Waals surface area contributed by atoms with Crippen molar-refractivity contribution in [1.29, 1.82) is 0 Å². The Morgan fingerprint density at radius 2 is 1.67 bits per heavy atom. The van der Waals surface area contributed by atoms with Crippen LogP contribution in [-0.4, -0.2) is 101 Å². The van der Waals surface area contributed by atoms with Gasteiger partial charge < -0.3 is 19.7 Å². The number of hydrogen-bond acceptors (Lipinski definition) is 5. The van der Waals surface area contributed by atoms with Gasteiger partial charge >= 0.3 is 0 Å². The fourth-order valence-electron chi connectivity index (χ4n) is 9.96. The standard InChI is InChI=1S/C40H55N5O2S/c1-5-28-18-27(2)19-29(20-28)37-32(9-13-42-14-16-43(17-15-42)26-36(47)44-11-6-7-12-44)33-21-34(48-38(33)41-37)39(3,4)25-35(46)45-30-8-10-40(22-30)23-31(45)24-40/h18-21,30-31,41H,5-17,22-26H2,1-4H3. The summed E-state index contributed by atoms with van der Waals surface area (Å²) in [6.45, 7) is 16.4. The molecule has 48 heavy (non-hydrogen) atoms. The van der Waals surface area contributed by atoms with Crippen LogP contribution < -0.4 is 0 Å². The van der Waals surface area contributed by atoms with Crippen LogP contribution >= 0.6 is 11.3 Å². The highest BCUT2D eigenvalue weighted by atomic mass is 32.1. The molecule has 1 N–H and O–H groups in total. The van der Waals surface area contributed by atoms with Gasteiger partial charge in [-0.25, -0.2) is 0 Å². The van der Waals surface area contributed by atoms with Gasteiger partial charge in [-0.2, -0.15) is 0 Å². The Morgan fingerprint density at radius 3 is 2.42 bits per heavy atom. The van der Waals surface area contributed by atoms with Crippen molar-refractivity contribution < 1.29 is 9.59 Å². The predicted molar refractivity (Wildman–Crippen MR) is 196 cm³/mol. The number of piperazine rings is 1. The number of nitrogens with one attached hydrogen (secondary N) is 1. The molecular formula is C40H55N5O2S.